The van der Waals surface area contributed by atoms with Crippen molar-refractivity contribution in [2.75, 3.05) is 13.7 Å². The lowest BCUT2D eigenvalue weighted by molar-refractivity contribution is -0.219. The Labute approximate surface area is 143 Å². The van der Waals surface area contributed by atoms with Crippen LogP contribution in [-0.2, 0) is 10.0 Å². The SMILES string of the molecule is COc1ccc(Cl)c(S(=O)(=O)N2CCCCC2C(O)C(F)(F)F)c1. The zero-order valence-electron chi connectivity index (χ0n) is 12.8. The number of nitrogens with zero attached hydrogens (tertiary/aromatic N) is 1. The summed E-state index contributed by atoms with van der Waals surface area (Å²) in [4.78, 5) is -0.343. The fourth-order valence-electron chi connectivity index (χ4n) is 2.70. The summed E-state index contributed by atoms with van der Waals surface area (Å²) >= 11 is 5.93. The van der Waals surface area contributed by atoms with Gasteiger partial charge in [-0.2, -0.15) is 17.5 Å². The number of hydrogen-bond donors (Lipinski definition) is 1. The fourth-order valence-corrected chi connectivity index (χ4v) is 4.89. The van der Waals surface area contributed by atoms with Gasteiger partial charge in [-0.05, 0) is 25.0 Å². The molecule has 136 valence electrons. The third-order valence-corrected chi connectivity index (χ3v) is 6.33. The van der Waals surface area contributed by atoms with Crippen LogP contribution in [0.3, 0.4) is 0 Å². The van der Waals surface area contributed by atoms with E-state index in [9.17, 15) is 26.7 Å². The maximum atomic E-state index is 12.9. The first-order chi connectivity index (χ1) is 11.1. The van der Waals surface area contributed by atoms with E-state index in [4.69, 9.17) is 16.3 Å². The van der Waals surface area contributed by atoms with Crippen molar-refractivity contribution in [2.24, 2.45) is 0 Å². The molecule has 1 N–H and O–H groups in total. The van der Waals surface area contributed by atoms with E-state index in [-0.39, 0.29) is 28.6 Å². The first kappa shape index (κ1) is 19.3. The minimum absolute atomic E-state index is 0.0819. The van der Waals surface area contributed by atoms with Crippen LogP contribution in [0.5, 0.6) is 5.75 Å². The lowest BCUT2D eigenvalue weighted by atomic mass is 9.99. The number of ether oxygens (including phenoxy) is 1. The summed E-state index contributed by atoms with van der Waals surface area (Å²) in [5.74, 6) is 0.211. The van der Waals surface area contributed by atoms with Crippen LogP contribution in [-0.4, -0.2) is 49.8 Å². The first-order valence-corrected chi connectivity index (χ1v) is 9.01. The maximum absolute atomic E-state index is 12.9. The van der Waals surface area contributed by atoms with Gasteiger partial charge < -0.3 is 9.84 Å². The minimum atomic E-state index is -4.91. The van der Waals surface area contributed by atoms with Crippen molar-refractivity contribution in [1.82, 2.24) is 4.31 Å². The highest BCUT2D eigenvalue weighted by molar-refractivity contribution is 7.89. The highest BCUT2D eigenvalue weighted by Crippen LogP contribution is 2.36. The van der Waals surface area contributed by atoms with Gasteiger partial charge in [0.2, 0.25) is 10.0 Å². The van der Waals surface area contributed by atoms with Crippen molar-refractivity contribution in [1.29, 1.82) is 0 Å². The van der Waals surface area contributed by atoms with Crippen LogP contribution in [0.4, 0.5) is 13.2 Å². The molecule has 2 rings (SSSR count). The van der Waals surface area contributed by atoms with E-state index in [1.807, 2.05) is 0 Å². The number of sulfonamides is 1. The van der Waals surface area contributed by atoms with Gasteiger partial charge in [-0.3, -0.25) is 0 Å². The molecule has 5 nitrogen and oxygen atoms in total. The molecule has 2 unspecified atom stereocenters. The summed E-state index contributed by atoms with van der Waals surface area (Å²) in [5, 5.41) is 9.45. The second kappa shape index (κ2) is 7.07. The molecular weight excluding hydrogens is 371 g/mol. The molecule has 0 aromatic heterocycles. The molecule has 1 heterocycles. The molecule has 0 aliphatic carbocycles. The van der Waals surface area contributed by atoms with E-state index in [1.165, 1.54) is 19.2 Å². The van der Waals surface area contributed by atoms with Crippen LogP contribution in [0, 0.1) is 0 Å². The Kier molecular flexibility index (Phi) is 5.68. The predicted octanol–water partition coefficient (Wildman–Crippen LogP) is 2.82. The molecule has 1 saturated heterocycles. The normalized spacial score (nSPS) is 21.5. The van der Waals surface area contributed by atoms with Crippen molar-refractivity contribution in [3.8, 4) is 5.75 Å². The summed E-state index contributed by atoms with van der Waals surface area (Å²) in [6.07, 6.45) is -6.94. The number of rotatable bonds is 4. The lowest BCUT2D eigenvalue weighted by Gasteiger charge is -2.37. The second-order valence-electron chi connectivity index (χ2n) is 5.46. The third kappa shape index (κ3) is 3.79. The molecule has 1 aliphatic heterocycles. The van der Waals surface area contributed by atoms with E-state index in [2.05, 4.69) is 0 Å². The highest BCUT2D eigenvalue weighted by atomic mass is 35.5. The van der Waals surface area contributed by atoms with E-state index in [0.29, 0.717) is 17.1 Å². The number of hydrogen-bond acceptors (Lipinski definition) is 4. The number of methoxy groups -OCH3 is 1. The van der Waals surface area contributed by atoms with Gasteiger partial charge in [0.15, 0.2) is 6.10 Å². The number of benzene rings is 1. The van der Waals surface area contributed by atoms with Gasteiger partial charge in [-0.1, -0.05) is 18.0 Å². The van der Waals surface area contributed by atoms with Crippen LogP contribution >= 0.6 is 11.6 Å². The highest BCUT2D eigenvalue weighted by Gasteiger charge is 2.49. The fraction of sp³-hybridized carbons (Fsp3) is 0.571. The number of halogens is 4. The Bertz CT molecular complexity index is 696. The van der Waals surface area contributed by atoms with Crippen molar-refractivity contribution < 1.29 is 31.4 Å². The summed E-state index contributed by atoms with van der Waals surface area (Å²) in [6.45, 7) is -0.117. The standard InChI is InChI=1S/C14H17ClF3NO4S/c1-23-9-5-6-10(15)12(8-9)24(21,22)19-7-3-2-4-11(19)13(20)14(16,17)18/h5-6,8,11,13,20H,2-4,7H2,1H3. The Hall–Kier alpha value is -1.03. The Morgan fingerprint density at radius 2 is 2.04 bits per heavy atom. The molecule has 1 aliphatic rings. The van der Waals surface area contributed by atoms with E-state index in [1.54, 1.807) is 0 Å². The van der Waals surface area contributed by atoms with E-state index in [0.717, 1.165) is 6.07 Å². The second-order valence-corrected chi connectivity index (χ2v) is 7.73. The van der Waals surface area contributed by atoms with Gasteiger partial charge in [0.1, 0.15) is 10.6 Å². The van der Waals surface area contributed by atoms with E-state index < -0.39 is 28.3 Å². The molecule has 2 atom stereocenters. The van der Waals surface area contributed by atoms with E-state index >= 15 is 0 Å². The first-order valence-electron chi connectivity index (χ1n) is 7.19. The van der Waals surface area contributed by atoms with Crippen molar-refractivity contribution in [3.05, 3.63) is 23.2 Å². The molecular formula is C14H17ClF3NO4S. The van der Waals surface area contributed by atoms with Crippen LogP contribution in [0.15, 0.2) is 23.1 Å². The number of aliphatic hydroxyl groups is 1. The van der Waals surface area contributed by atoms with Gasteiger partial charge >= 0.3 is 6.18 Å². The van der Waals surface area contributed by atoms with Gasteiger partial charge in [0, 0.05) is 12.6 Å². The molecule has 0 radical (unpaired) electrons. The Morgan fingerprint density at radius 3 is 2.62 bits per heavy atom. The van der Waals surface area contributed by atoms with Crippen LogP contribution < -0.4 is 4.74 Å². The number of aliphatic hydroxyl groups excluding tert-OH is 1. The average Bonchev–Trinajstić information content (AvgIpc) is 2.53. The average molecular weight is 388 g/mol. The predicted molar refractivity (Wildman–Crippen MR) is 81.6 cm³/mol. The molecule has 10 heteroatoms. The minimum Gasteiger partial charge on any atom is -0.497 e. The summed E-state index contributed by atoms with van der Waals surface area (Å²) in [7, 11) is -2.99. The zero-order valence-corrected chi connectivity index (χ0v) is 14.3. The zero-order chi connectivity index (χ0) is 18.1. The smallest absolute Gasteiger partial charge is 0.415 e. The molecule has 0 bridgehead atoms. The molecule has 0 spiro atoms. The summed E-state index contributed by atoms with van der Waals surface area (Å²) in [5.41, 5.74) is 0. The molecule has 1 aromatic rings. The molecule has 1 aromatic carbocycles. The van der Waals surface area contributed by atoms with Crippen molar-refractivity contribution in [3.63, 3.8) is 0 Å². The third-order valence-electron chi connectivity index (χ3n) is 3.92. The largest absolute Gasteiger partial charge is 0.497 e. The van der Waals surface area contributed by atoms with Crippen molar-refractivity contribution >= 4 is 21.6 Å². The molecule has 0 amide bonds. The van der Waals surface area contributed by atoms with Crippen molar-refractivity contribution in [2.45, 2.75) is 42.5 Å². The maximum Gasteiger partial charge on any atom is 0.415 e. The topological polar surface area (TPSA) is 66.8 Å². The van der Waals surface area contributed by atoms with Crippen LogP contribution in [0.2, 0.25) is 5.02 Å². The van der Waals surface area contributed by atoms with Gasteiger partial charge in [0.25, 0.3) is 0 Å². The summed E-state index contributed by atoms with van der Waals surface area (Å²) < 4.78 is 69.9. The Morgan fingerprint density at radius 1 is 1.38 bits per heavy atom. The van der Waals surface area contributed by atoms with Crippen LogP contribution in [0.25, 0.3) is 0 Å². The molecule has 0 saturated carbocycles. The molecule has 24 heavy (non-hydrogen) atoms. The summed E-state index contributed by atoms with van der Waals surface area (Å²) in [6, 6.07) is 2.32. The van der Waals surface area contributed by atoms with Gasteiger partial charge in [0.05, 0.1) is 18.2 Å². The molecule has 1 fully saturated rings. The monoisotopic (exact) mass is 387 g/mol. The van der Waals surface area contributed by atoms with Crippen LogP contribution in [0.1, 0.15) is 19.3 Å². The Balaban J connectivity index is 2.46. The van der Waals surface area contributed by atoms with Gasteiger partial charge in [-0.25, -0.2) is 8.42 Å². The number of alkyl halides is 3. The number of piperidine rings is 1. The lowest BCUT2D eigenvalue weighted by Crippen LogP contribution is -2.54. The quantitative estimate of drug-likeness (QED) is 0.862. The van der Waals surface area contributed by atoms with Gasteiger partial charge in [-0.15, -0.1) is 0 Å².